The molecule has 0 fully saturated rings. The van der Waals surface area contributed by atoms with Gasteiger partial charge in [-0.15, -0.1) is 0 Å². The second-order valence-corrected chi connectivity index (χ2v) is 5.15. The Kier molecular flexibility index (Phi) is 7.23. The predicted molar refractivity (Wildman–Crippen MR) is 80.4 cm³/mol. The second kappa shape index (κ2) is 8.69. The first kappa shape index (κ1) is 16.6. The molecule has 0 aliphatic rings. The predicted octanol–water partition coefficient (Wildman–Crippen LogP) is 3.84. The van der Waals surface area contributed by atoms with Gasteiger partial charge in [0.25, 0.3) is 0 Å². The molecule has 1 rings (SSSR count). The van der Waals surface area contributed by atoms with Crippen LogP contribution in [-0.4, -0.2) is 12.4 Å². The highest BCUT2D eigenvalue weighted by atomic mass is 19.1. The number of unbranched alkanes of at least 4 members (excludes halogenated alkanes) is 1. The molecule has 0 spiro atoms. The van der Waals surface area contributed by atoms with E-state index in [1.165, 1.54) is 25.3 Å². The molecule has 0 saturated carbocycles. The van der Waals surface area contributed by atoms with Gasteiger partial charge in [-0.25, -0.2) is 4.39 Å². The molecule has 0 amide bonds. The van der Waals surface area contributed by atoms with Crippen LogP contribution < -0.4 is 5.73 Å². The minimum absolute atomic E-state index is 0.123. The maximum absolute atomic E-state index is 13.8. The van der Waals surface area contributed by atoms with Crippen molar-refractivity contribution in [1.29, 1.82) is 5.41 Å². The van der Waals surface area contributed by atoms with Crippen molar-refractivity contribution in [3.63, 3.8) is 0 Å². The number of nitrogens with one attached hydrogen (secondary N) is 1. The molecule has 0 saturated heterocycles. The van der Waals surface area contributed by atoms with Gasteiger partial charge in [-0.1, -0.05) is 45.2 Å². The Bertz CT molecular complexity index is 434. The van der Waals surface area contributed by atoms with Gasteiger partial charge in [0.1, 0.15) is 11.7 Å². The summed E-state index contributed by atoms with van der Waals surface area (Å²) in [7, 11) is 0. The minimum Gasteiger partial charge on any atom is -0.384 e. The van der Waals surface area contributed by atoms with E-state index >= 15 is 0 Å². The van der Waals surface area contributed by atoms with Crippen molar-refractivity contribution in [2.24, 2.45) is 11.7 Å². The molecule has 0 bridgehead atoms. The summed E-state index contributed by atoms with van der Waals surface area (Å²) in [6.45, 7) is 5.28. The van der Waals surface area contributed by atoms with Gasteiger partial charge in [0.05, 0.1) is 6.61 Å². The zero-order chi connectivity index (χ0) is 15.0. The van der Waals surface area contributed by atoms with Crippen LogP contribution in [0, 0.1) is 17.1 Å². The van der Waals surface area contributed by atoms with E-state index in [1.807, 2.05) is 0 Å². The topological polar surface area (TPSA) is 59.1 Å². The Hall–Kier alpha value is -1.42. The summed E-state index contributed by atoms with van der Waals surface area (Å²) in [5.74, 6) is 0.0655. The molecule has 0 aromatic heterocycles. The number of halogens is 1. The first-order chi connectivity index (χ1) is 9.58. The van der Waals surface area contributed by atoms with Crippen LogP contribution in [0.1, 0.15) is 50.7 Å². The Morgan fingerprint density at radius 2 is 2.15 bits per heavy atom. The van der Waals surface area contributed by atoms with Crippen molar-refractivity contribution in [2.45, 2.75) is 46.1 Å². The molecular weight excluding hydrogens is 255 g/mol. The Morgan fingerprint density at radius 3 is 2.70 bits per heavy atom. The van der Waals surface area contributed by atoms with Crippen LogP contribution in [0.2, 0.25) is 0 Å². The number of hydrogen-bond acceptors (Lipinski definition) is 2. The number of hydrogen-bond donors (Lipinski definition) is 2. The van der Waals surface area contributed by atoms with Gasteiger partial charge >= 0.3 is 0 Å². The van der Waals surface area contributed by atoms with Crippen LogP contribution >= 0.6 is 0 Å². The van der Waals surface area contributed by atoms with Crippen LogP contribution in [0.4, 0.5) is 4.39 Å². The largest absolute Gasteiger partial charge is 0.384 e. The number of benzene rings is 1. The van der Waals surface area contributed by atoms with E-state index in [-0.39, 0.29) is 18.3 Å². The van der Waals surface area contributed by atoms with Crippen LogP contribution in [0.5, 0.6) is 0 Å². The zero-order valence-electron chi connectivity index (χ0n) is 12.4. The van der Waals surface area contributed by atoms with E-state index in [0.29, 0.717) is 23.7 Å². The SMILES string of the molecule is CCCCC(CC)COCc1ccc(C(=N)N)cc1F. The van der Waals surface area contributed by atoms with Gasteiger partial charge in [-0.2, -0.15) is 0 Å². The third kappa shape index (κ3) is 5.29. The van der Waals surface area contributed by atoms with Gasteiger partial charge in [-0.3, -0.25) is 5.41 Å². The zero-order valence-corrected chi connectivity index (χ0v) is 12.4. The average molecular weight is 280 g/mol. The molecule has 112 valence electrons. The normalized spacial score (nSPS) is 12.3. The lowest BCUT2D eigenvalue weighted by Gasteiger charge is -2.15. The quantitative estimate of drug-likeness (QED) is 0.533. The molecule has 1 aromatic carbocycles. The van der Waals surface area contributed by atoms with Crippen molar-refractivity contribution in [1.82, 2.24) is 0 Å². The number of nitrogens with two attached hydrogens (primary N) is 1. The Morgan fingerprint density at radius 1 is 1.40 bits per heavy atom. The Balaban J connectivity index is 2.47. The fraction of sp³-hybridized carbons (Fsp3) is 0.562. The van der Waals surface area contributed by atoms with Gasteiger partial charge in [0.15, 0.2) is 0 Å². The lowest BCUT2D eigenvalue weighted by atomic mass is 10.0. The molecular formula is C16H25FN2O. The summed E-state index contributed by atoms with van der Waals surface area (Å²) in [5, 5.41) is 7.27. The Labute approximate surface area is 120 Å². The molecule has 1 atom stereocenters. The van der Waals surface area contributed by atoms with Gasteiger partial charge in [0.2, 0.25) is 0 Å². The molecule has 1 unspecified atom stereocenters. The summed E-state index contributed by atoms with van der Waals surface area (Å²) in [6.07, 6.45) is 4.66. The molecule has 1 aromatic rings. The summed E-state index contributed by atoms with van der Waals surface area (Å²) in [4.78, 5) is 0. The third-order valence-electron chi connectivity index (χ3n) is 3.52. The van der Waals surface area contributed by atoms with Crippen LogP contribution in [-0.2, 0) is 11.3 Å². The minimum atomic E-state index is -0.362. The van der Waals surface area contributed by atoms with Gasteiger partial charge < -0.3 is 10.5 Å². The number of ether oxygens (including phenoxy) is 1. The van der Waals surface area contributed by atoms with E-state index in [0.717, 1.165) is 6.42 Å². The van der Waals surface area contributed by atoms with Gasteiger partial charge in [-0.05, 0) is 18.4 Å². The van der Waals surface area contributed by atoms with Crippen LogP contribution in [0.25, 0.3) is 0 Å². The molecule has 0 aliphatic heterocycles. The average Bonchev–Trinajstić information content (AvgIpc) is 2.43. The second-order valence-electron chi connectivity index (χ2n) is 5.15. The molecule has 20 heavy (non-hydrogen) atoms. The lowest BCUT2D eigenvalue weighted by Crippen LogP contribution is -2.12. The maximum atomic E-state index is 13.8. The van der Waals surface area contributed by atoms with Crippen LogP contribution in [0.3, 0.4) is 0 Å². The number of nitrogen functional groups attached to an aromatic ring is 1. The first-order valence-corrected chi connectivity index (χ1v) is 7.29. The number of rotatable bonds is 9. The number of amidine groups is 1. The molecule has 4 heteroatoms. The lowest BCUT2D eigenvalue weighted by molar-refractivity contribution is 0.0802. The summed E-state index contributed by atoms with van der Waals surface area (Å²) < 4.78 is 19.4. The highest BCUT2D eigenvalue weighted by Gasteiger charge is 2.09. The molecule has 3 nitrogen and oxygen atoms in total. The van der Waals surface area contributed by atoms with E-state index in [4.69, 9.17) is 15.9 Å². The van der Waals surface area contributed by atoms with Gasteiger partial charge in [0, 0.05) is 17.7 Å². The standard InChI is InChI=1S/C16H25FN2O/c1-3-5-6-12(4-2)10-20-11-14-8-7-13(16(18)19)9-15(14)17/h7-9,12H,3-6,10-11H2,1-2H3,(H3,18,19). The fourth-order valence-electron chi connectivity index (χ4n) is 2.07. The maximum Gasteiger partial charge on any atom is 0.129 e. The van der Waals surface area contributed by atoms with E-state index < -0.39 is 0 Å². The highest BCUT2D eigenvalue weighted by molar-refractivity contribution is 5.94. The first-order valence-electron chi connectivity index (χ1n) is 7.29. The third-order valence-corrected chi connectivity index (χ3v) is 3.52. The van der Waals surface area contributed by atoms with E-state index in [1.54, 1.807) is 12.1 Å². The molecule has 3 N–H and O–H groups in total. The van der Waals surface area contributed by atoms with Crippen molar-refractivity contribution in [3.8, 4) is 0 Å². The van der Waals surface area contributed by atoms with E-state index in [9.17, 15) is 4.39 Å². The molecule has 0 heterocycles. The smallest absolute Gasteiger partial charge is 0.129 e. The van der Waals surface area contributed by atoms with Crippen molar-refractivity contribution in [3.05, 3.63) is 35.1 Å². The van der Waals surface area contributed by atoms with Crippen molar-refractivity contribution < 1.29 is 9.13 Å². The summed E-state index contributed by atoms with van der Waals surface area (Å²) >= 11 is 0. The monoisotopic (exact) mass is 280 g/mol. The van der Waals surface area contributed by atoms with Crippen molar-refractivity contribution >= 4 is 5.84 Å². The molecule has 0 radical (unpaired) electrons. The van der Waals surface area contributed by atoms with Crippen LogP contribution in [0.15, 0.2) is 18.2 Å². The van der Waals surface area contributed by atoms with Crippen molar-refractivity contribution in [2.75, 3.05) is 6.61 Å². The fourth-order valence-corrected chi connectivity index (χ4v) is 2.07. The van der Waals surface area contributed by atoms with E-state index in [2.05, 4.69) is 13.8 Å². The highest BCUT2D eigenvalue weighted by Crippen LogP contribution is 2.15. The summed E-state index contributed by atoms with van der Waals surface area (Å²) in [5.41, 5.74) is 6.24. The molecule has 0 aliphatic carbocycles. The summed E-state index contributed by atoms with van der Waals surface area (Å²) in [6, 6.07) is 4.58.